The smallest absolute Gasteiger partial charge is 0.328 e. The fourth-order valence-corrected chi connectivity index (χ4v) is 3.90. The number of nitriles is 1. The van der Waals surface area contributed by atoms with Gasteiger partial charge in [-0.15, -0.1) is 0 Å². The number of nitrogens with two attached hydrogens (primary N) is 1. The lowest BCUT2D eigenvalue weighted by Crippen LogP contribution is -2.46. The molecule has 0 saturated carbocycles. The molecule has 3 heterocycles. The van der Waals surface area contributed by atoms with Gasteiger partial charge in [-0.1, -0.05) is 27.7 Å². The van der Waals surface area contributed by atoms with Gasteiger partial charge in [0.2, 0.25) is 11.5 Å². The van der Waals surface area contributed by atoms with E-state index in [0.717, 1.165) is 0 Å². The summed E-state index contributed by atoms with van der Waals surface area (Å²) in [5, 5.41) is 27.5. The predicted molar refractivity (Wildman–Crippen MR) is 117 cm³/mol. The molecule has 11 nitrogen and oxygen atoms in total. The van der Waals surface area contributed by atoms with Crippen molar-refractivity contribution in [3.8, 4) is 6.07 Å². The van der Waals surface area contributed by atoms with Crippen LogP contribution in [0.2, 0.25) is 0 Å². The summed E-state index contributed by atoms with van der Waals surface area (Å²) >= 11 is 0. The number of rotatable bonds is 8. The topological polar surface area (TPSA) is 165 Å². The van der Waals surface area contributed by atoms with E-state index in [1.54, 1.807) is 12.1 Å². The Labute approximate surface area is 191 Å². The Hall–Kier alpha value is -3.23. The first-order valence-corrected chi connectivity index (χ1v) is 10.9. The lowest BCUT2D eigenvalue weighted by molar-refractivity contribution is -0.154. The van der Waals surface area contributed by atoms with Crippen LogP contribution in [-0.4, -0.2) is 56.4 Å². The number of amides is 1. The zero-order valence-corrected chi connectivity index (χ0v) is 19.2. The third kappa shape index (κ3) is 4.91. The van der Waals surface area contributed by atoms with Crippen molar-refractivity contribution >= 4 is 23.2 Å². The van der Waals surface area contributed by atoms with Crippen molar-refractivity contribution in [2.45, 2.75) is 64.4 Å². The van der Waals surface area contributed by atoms with E-state index in [4.69, 9.17) is 15.2 Å². The van der Waals surface area contributed by atoms with Crippen LogP contribution in [0.25, 0.3) is 5.52 Å². The number of nitrogens with one attached hydrogen (secondary N) is 1. The minimum absolute atomic E-state index is 0.0701. The van der Waals surface area contributed by atoms with Gasteiger partial charge in [0.25, 0.3) is 0 Å². The number of aliphatic hydroxyl groups excluding tert-OH is 1. The second kappa shape index (κ2) is 9.72. The number of carbonyl (C=O) groups excluding carboxylic acids is 2. The number of anilines is 1. The van der Waals surface area contributed by atoms with E-state index in [2.05, 4.69) is 21.5 Å². The summed E-state index contributed by atoms with van der Waals surface area (Å²) < 4.78 is 12.7. The molecule has 178 valence electrons. The molecule has 0 radical (unpaired) electrons. The maximum absolute atomic E-state index is 12.7. The summed E-state index contributed by atoms with van der Waals surface area (Å²) in [5.41, 5.74) is 4.93. The normalized spacial score (nSPS) is 23.6. The molecular weight excluding hydrogens is 428 g/mol. The predicted octanol–water partition coefficient (Wildman–Crippen LogP) is 0.910. The highest BCUT2D eigenvalue weighted by atomic mass is 16.6. The van der Waals surface area contributed by atoms with Crippen LogP contribution in [0.15, 0.2) is 18.5 Å². The first-order valence-electron chi connectivity index (χ1n) is 10.9. The molecule has 0 bridgehead atoms. The molecule has 0 aliphatic carbocycles. The third-order valence-electron chi connectivity index (χ3n) is 5.58. The monoisotopic (exact) mass is 458 g/mol. The Balaban J connectivity index is 1.71. The van der Waals surface area contributed by atoms with Crippen molar-refractivity contribution < 1.29 is 24.2 Å². The van der Waals surface area contributed by atoms with Crippen molar-refractivity contribution in [3.05, 3.63) is 24.2 Å². The van der Waals surface area contributed by atoms with Gasteiger partial charge in [-0.3, -0.25) is 4.79 Å². The first kappa shape index (κ1) is 24.4. The van der Waals surface area contributed by atoms with Crippen LogP contribution >= 0.6 is 0 Å². The summed E-state index contributed by atoms with van der Waals surface area (Å²) in [7, 11) is 0. The molecule has 4 N–H and O–H groups in total. The Kier molecular flexibility index (Phi) is 7.19. The fraction of sp³-hybridized carbons (Fsp3) is 0.591. The van der Waals surface area contributed by atoms with Crippen LogP contribution in [0, 0.1) is 23.2 Å². The molecule has 11 heteroatoms. The molecule has 0 aromatic carbocycles. The minimum atomic E-state index is -1.72. The Morgan fingerprint density at radius 3 is 2.79 bits per heavy atom. The largest absolute Gasteiger partial charge is 0.461 e. The van der Waals surface area contributed by atoms with E-state index in [-0.39, 0.29) is 36.6 Å². The SMILES string of the molecule is CC(C)CC(=O)N[C@H](C(=O)OC[C@@H]1C[C@@H](O)[C@](C#N)(c2ccc3c(N)ncnn23)O1)C(C)C. The van der Waals surface area contributed by atoms with Crippen molar-refractivity contribution in [3.63, 3.8) is 0 Å². The average molecular weight is 459 g/mol. The molecule has 0 spiro atoms. The third-order valence-corrected chi connectivity index (χ3v) is 5.58. The van der Waals surface area contributed by atoms with Gasteiger partial charge in [-0.25, -0.2) is 14.3 Å². The lowest BCUT2D eigenvalue weighted by Gasteiger charge is -2.25. The first-order chi connectivity index (χ1) is 15.6. The van der Waals surface area contributed by atoms with E-state index >= 15 is 0 Å². The van der Waals surface area contributed by atoms with Gasteiger partial charge >= 0.3 is 5.97 Å². The zero-order valence-electron chi connectivity index (χ0n) is 19.2. The standard InChI is InChI=1S/C22H30N6O5/c1-12(2)7-18(30)27-19(13(3)4)21(31)32-9-14-8-17(29)22(10-23,33-14)16-6-5-15-20(24)25-11-26-28(15)16/h5-6,11-14,17,19,29H,7-9H2,1-4H3,(H,27,30)(H2,24,25,26)/t14-,17+,19-,22-/m0/s1. The summed E-state index contributed by atoms with van der Waals surface area (Å²) in [6.07, 6.45) is -0.296. The van der Waals surface area contributed by atoms with Crippen molar-refractivity contribution in [2.75, 3.05) is 12.3 Å². The second-order valence-corrected chi connectivity index (χ2v) is 9.02. The number of ether oxygens (including phenoxy) is 2. The number of nitrogen functional groups attached to an aromatic ring is 1. The lowest BCUT2D eigenvalue weighted by atomic mass is 9.94. The summed E-state index contributed by atoms with van der Waals surface area (Å²) in [4.78, 5) is 28.7. The fourth-order valence-electron chi connectivity index (χ4n) is 3.90. The van der Waals surface area contributed by atoms with E-state index in [9.17, 15) is 20.0 Å². The van der Waals surface area contributed by atoms with Crippen LogP contribution in [0.3, 0.4) is 0 Å². The molecule has 1 amide bonds. The molecule has 33 heavy (non-hydrogen) atoms. The van der Waals surface area contributed by atoms with Gasteiger partial charge in [0.1, 0.15) is 36.7 Å². The van der Waals surface area contributed by atoms with Gasteiger partial charge in [0.15, 0.2) is 5.82 Å². The Morgan fingerprint density at radius 1 is 1.42 bits per heavy atom. The number of carbonyl (C=O) groups is 2. The molecule has 3 rings (SSSR count). The second-order valence-electron chi connectivity index (χ2n) is 9.02. The highest BCUT2D eigenvalue weighted by Gasteiger charge is 2.52. The van der Waals surface area contributed by atoms with E-state index < -0.39 is 29.8 Å². The summed E-state index contributed by atoms with van der Waals surface area (Å²) in [5.74, 6) is -0.617. The summed E-state index contributed by atoms with van der Waals surface area (Å²) in [6.45, 7) is 7.28. The molecule has 2 aromatic heterocycles. The van der Waals surface area contributed by atoms with E-state index in [1.807, 2.05) is 27.7 Å². The van der Waals surface area contributed by atoms with E-state index in [0.29, 0.717) is 17.6 Å². The van der Waals surface area contributed by atoms with Crippen molar-refractivity contribution in [1.82, 2.24) is 19.9 Å². The molecule has 1 aliphatic heterocycles. The zero-order chi connectivity index (χ0) is 24.3. The maximum atomic E-state index is 12.7. The number of aliphatic hydroxyl groups is 1. The van der Waals surface area contributed by atoms with Crippen LogP contribution < -0.4 is 11.1 Å². The average Bonchev–Trinajstić information content (AvgIpc) is 3.32. The number of hydrogen-bond acceptors (Lipinski definition) is 9. The van der Waals surface area contributed by atoms with Gasteiger partial charge < -0.3 is 25.6 Å². The number of fused-ring (bicyclic) bond motifs is 1. The quantitative estimate of drug-likeness (QED) is 0.487. The molecule has 1 fully saturated rings. The Bertz CT molecular complexity index is 1060. The molecule has 2 aromatic rings. The number of nitrogens with zero attached hydrogens (tertiary/aromatic N) is 4. The van der Waals surface area contributed by atoms with E-state index in [1.165, 1.54) is 10.8 Å². The molecule has 1 aliphatic rings. The van der Waals surface area contributed by atoms with Crippen LogP contribution in [-0.2, 0) is 24.7 Å². The molecule has 1 saturated heterocycles. The highest BCUT2D eigenvalue weighted by Crippen LogP contribution is 2.40. The van der Waals surface area contributed by atoms with Gasteiger partial charge in [0, 0.05) is 12.8 Å². The van der Waals surface area contributed by atoms with Crippen LogP contribution in [0.5, 0.6) is 0 Å². The number of hydrogen-bond donors (Lipinski definition) is 3. The Morgan fingerprint density at radius 2 is 2.15 bits per heavy atom. The highest BCUT2D eigenvalue weighted by molar-refractivity contribution is 5.84. The van der Waals surface area contributed by atoms with Gasteiger partial charge in [-0.05, 0) is 24.0 Å². The maximum Gasteiger partial charge on any atom is 0.328 e. The van der Waals surface area contributed by atoms with Crippen molar-refractivity contribution in [2.24, 2.45) is 11.8 Å². The van der Waals surface area contributed by atoms with Crippen LogP contribution in [0.4, 0.5) is 5.82 Å². The van der Waals surface area contributed by atoms with Crippen LogP contribution in [0.1, 0.15) is 46.2 Å². The summed E-state index contributed by atoms with van der Waals surface area (Å²) in [6, 6.07) is 4.48. The van der Waals surface area contributed by atoms with Crippen molar-refractivity contribution in [1.29, 1.82) is 5.26 Å². The van der Waals surface area contributed by atoms with Gasteiger partial charge in [0.05, 0.1) is 11.8 Å². The molecule has 4 atom stereocenters. The number of esters is 1. The molecule has 0 unspecified atom stereocenters. The minimum Gasteiger partial charge on any atom is -0.461 e. The van der Waals surface area contributed by atoms with Gasteiger partial charge in [-0.2, -0.15) is 10.4 Å². The molecular formula is C22H30N6O5. The number of aromatic nitrogens is 3.